The van der Waals surface area contributed by atoms with Crippen molar-refractivity contribution in [3.05, 3.63) is 24.3 Å². The van der Waals surface area contributed by atoms with Crippen LogP contribution in [0, 0.1) is 0 Å². The van der Waals surface area contributed by atoms with Crippen LogP contribution in [0.2, 0.25) is 0 Å². The zero-order valence-corrected chi connectivity index (χ0v) is 45.1. The van der Waals surface area contributed by atoms with Gasteiger partial charge in [-0.1, -0.05) is 102 Å². The van der Waals surface area contributed by atoms with Crippen LogP contribution in [0.4, 0.5) is 0 Å². The number of likely N-dealkylation sites (N-methyl/N-ethyl adjacent to an activating group) is 2. The number of nitrogens with one attached hydrogen (secondary N) is 2. The van der Waals surface area contributed by atoms with Crippen LogP contribution in [0.1, 0.15) is 182 Å². The van der Waals surface area contributed by atoms with E-state index in [9.17, 15) is 39.0 Å². The van der Waals surface area contributed by atoms with Crippen molar-refractivity contribution in [3.63, 3.8) is 0 Å². The van der Waals surface area contributed by atoms with Crippen LogP contribution in [0.15, 0.2) is 24.3 Å². The number of amides is 2. The maximum Gasteiger partial charge on any atom is 0.362 e. The Balaban J connectivity index is 4.12. The fourth-order valence-corrected chi connectivity index (χ4v) is 7.74. The molecule has 16 nitrogen and oxygen atoms in total. The number of aliphatic hydroxyl groups excluding tert-OH is 2. The van der Waals surface area contributed by atoms with Gasteiger partial charge in [0.05, 0.1) is 40.4 Å². The Bertz CT molecular complexity index is 1380. The number of allylic oxidation sites excluding steroid dienone is 2. The number of hydrogen-bond acceptors (Lipinski definition) is 12. The molecule has 0 aliphatic carbocycles. The van der Waals surface area contributed by atoms with Crippen molar-refractivity contribution in [1.82, 2.24) is 10.6 Å². The molecule has 0 radical (unpaired) electrons. The highest BCUT2D eigenvalue weighted by Crippen LogP contribution is 2.18. The quantitative estimate of drug-likeness (QED) is 0.0154. The molecule has 4 N–H and O–H groups in total. The second-order valence-corrected chi connectivity index (χ2v) is 20.2. The van der Waals surface area contributed by atoms with Gasteiger partial charge in [-0.05, 0) is 77.0 Å². The van der Waals surface area contributed by atoms with E-state index in [1.165, 1.54) is 13.8 Å². The molecule has 0 saturated carbocycles. The van der Waals surface area contributed by atoms with Crippen molar-refractivity contribution in [3.8, 4) is 0 Å². The Morgan fingerprint density at radius 1 is 0.500 bits per heavy atom. The van der Waals surface area contributed by atoms with Crippen LogP contribution >= 0.6 is 0 Å². The first kappa shape index (κ1) is 66.1. The summed E-state index contributed by atoms with van der Waals surface area (Å²) in [6.07, 6.45) is 25.8. The molecule has 16 heteroatoms. The fourth-order valence-electron chi connectivity index (χ4n) is 7.74. The average Bonchev–Trinajstić information content (AvgIpc) is 3.27. The molecular formula is C54H100N4O12+2. The largest absolute Gasteiger partial charge is 0.460 e. The van der Waals surface area contributed by atoms with Gasteiger partial charge in [-0.25, -0.2) is 9.59 Å². The highest BCUT2D eigenvalue weighted by Gasteiger charge is 2.29. The summed E-state index contributed by atoms with van der Waals surface area (Å²) in [4.78, 5) is 72.3. The zero-order valence-electron chi connectivity index (χ0n) is 45.1. The number of unbranched alkanes of at least 4 members (excludes halogenated alkanes) is 14. The van der Waals surface area contributed by atoms with Gasteiger partial charge in [-0.3, -0.25) is 19.2 Å². The molecule has 0 aromatic rings. The first-order chi connectivity index (χ1) is 33.3. The van der Waals surface area contributed by atoms with Gasteiger partial charge in [-0.15, -0.1) is 0 Å². The van der Waals surface area contributed by atoms with Crippen LogP contribution < -0.4 is 10.6 Å². The number of aliphatic hydroxyl groups is 2. The van der Waals surface area contributed by atoms with Crippen molar-refractivity contribution < 1.29 is 66.9 Å². The highest BCUT2D eigenvalue weighted by molar-refractivity contribution is 5.77. The Morgan fingerprint density at radius 2 is 0.857 bits per heavy atom. The minimum absolute atomic E-state index is 0.000380. The van der Waals surface area contributed by atoms with E-state index in [4.69, 9.17) is 18.9 Å². The van der Waals surface area contributed by atoms with Crippen molar-refractivity contribution in [2.24, 2.45) is 0 Å². The third kappa shape index (κ3) is 40.8. The van der Waals surface area contributed by atoms with Gasteiger partial charge in [-0.2, -0.15) is 0 Å². The number of quaternary nitrogens is 2. The van der Waals surface area contributed by atoms with E-state index < -0.39 is 24.4 Å². The molecule has 0 heterocycles. The van der Waals surface area contributed by atoms with Gasteiger partial charge in [0.15, 0.2) is 13.1 Å². The molecule has 0 fully saturated rings. The predicted octanol–water partition coefficient (Wildman–Crippen LogP) is 7.56. The van der Waals surface area contributed by atoms with Crippen LogP contribution in [-0.4, -0.2) is 160 Å². The van der Waals surface area contributed by atoms with E-state index in [1.807, 2.05) is 40.3 Å². The molecule has 406 valence electrons. The van der Waals surface area contributed by atoms with Crippen LogP contribution in [-0.2, 0) is 47.7 Å². The summed E-state index contributed by atoms with van der Waals surface area (Å²) in [5.74, 6) is -1.45. The van der Waals surface area contributed by atoms with Gasteiger partial charge in [0, 0.05) is 39.8 Å². The van der Waals surface area contributed by atoms with Crippen LogP contribution in [0.5, 0.6) is 0 Å². The number of nitrogens with zero attached hydrogens (tertiary/aromatic N) is 2. The van der Waals surface area contributed by atoms with Crippen molar-refractivity contribution in [2.75, 3.05) is 80.7 Å². The summed E-state index contributed by atoms with van der Waals surface area (Å²) < 4.78 is 22.2. The molecule has 0 aliphatic rings. The predicted molar refractivity (Wildman–Crippen MR) is 275 cm³/mol. The number of ether oxygens (including phenoxy) is 4. The Labute approximate surface area is 423 Å². The van der Waals surface area contributed by atoms with Gasteiger partial charge in [0.2, 0.25) is 11.8 Å². The van der Waals surface area contributed by atoms with E-state index in [-0.39, 0.29) is 62.0 Å². The maximum absolute atomic E-state index is 12.8. The molecule has 0 rings (SSSR count). The molecule has 0 bridgehead atoms. The average molecular weight is 997 g/mol. The van der Waals surface area contributed by atoms with E-state index >= 15 is 0 Å². The van der Waals surface area contributed by atoms with Crippen LogP contribution in [0.3, 0.4) is 0 Å². The number of esters is 4. The third-order valence-corrected chi connectivity index (χ3v) is 12.1. The molecule has 4 atom stereocenters. The second-order valence-electron chi connectivity index (χ2n) is 20.2. The normalized spacial score (nSPS) is 13.7. The molecular weight excluding hydrogens is 897 g/mol. The van der Waals surface area contributed by atoms with Gasteiger partial charge < -0.3 is 48.8 Å². The standard InChI is InChI=1S/C54H98N4O12/c1-9-11-25-33-49(69-53(65)43-57(5,6)39-41-67-45(3)59)47(61)31-27-21-17-13-15-19-23-29-35-51(63)55-37-38-56-52(64)36-30-24-20-16-14-18-22-28-32-48(62)50(34-26-12-10-2)70-54(66)44-58(7,8)40-42-68-46(4)60/h21-22,27-28,47-50,61-62H,9-20,23-26,29-44H2,1-8H3/p+2/b27-21-,28-22-. The monoisotopic (exact) mass is 997 g/mol. The molecule has 0 aliphatic heterocycles. The smallest absolute Gasteiger partial charge is 0.362 e. The second kappa shape index (κ2) is 41.7. The number of carbonyl (C=O) groups is 6. The summed E-state index contributed by atoms with van der Waals surface area (Å²) in [7, 11) is 7.51. The van der Waals surface area contributed by atoms with Gasteiger partial charge in [0.25, 0.3) is 0 Å². The number of rotatable bonds is 45. The molecule has 70 heavy (non-hydrogen) atoms. The SMILES string of the molecule is CCCCCC(OC(=O)C[N+](C)(C)CCOC(C)=O)C(O)C/C=C\CCCCCCCC(=O)NCCNC(=O)CCCCCCC/C=C\CC(O)C(CCCCC)OC(=O)C[N+](C)(C)CCOC(C)=O. The van der Waals surface area contributed by atoms with Crippen molar-refractivity contribution in [2.45, 2.75) is 206 Å². The van der Waals surface area contributed by atoms with E-state index in [1.54, 1.807) is 0 Å². The van der Waals surface area contributed by atoms with Gasteiger partial charge >= 0.3 is 23.9 Å². The van der Waals surface area contributed by atoms with Crippen LogP contribution in [0.25, 0.3) is 0 Å². The summed E-state index contributed by atoms with van der Waals surface area (Å²) in [6, 6.07) is 0. The summed E-state index contributed by atoms with van der Waals surface area (Å²) in [6.45, 7) is 9.41. The molecule has 4 unspecified atom stereocenters. The first-order valence-corrected chi connectivity index (χ1v) is 26.8. The summed E-state index contributed by atoms with van der Waals surface area (Å²) in [5, 5.41) is 27.6. The topological polar surface area (TPSA) is 204 Å². The Kier molecular flexibility index (Phi) is 39.4. The first-order valence-electron chi connectivity index (χ1n) is 26.8. The number of hydrogen-bond donors (Lipinski definition) is 4. The lowest BCUT2D eigenvalue weighted by molar-refractivity contribution is -0.883. The molecule has 0 aromatic carbocycles. The van der Waals surface area contributed by atoms with E-state index in [2.05, 4.69) is 36.6 Å². The lowest BCUT2D eigenvalue weighted by Crippen LogP contribution is -2.47. The lowest BCUT2D eigenvalue weighted by atomic mass is 10.0. The minimum Gasteiger partial charge on any atom is -0.460 e. The van der Waals surface area contributed by atoms with Crippen molar-refractivity contribution >= 4 is 35.7 Å². The molecule has 0 saturated heterocycles. The Hall–Kier alpha value is -3.86. The Morgan fingerprint density at radius 3 is 1.21 bits per heavy atom. The third-order valence-electron chi connectivity index (χ3n) is 12.1. The fraction of sp³-hybridized carbons (Fsp3) is 0.815. The molecule has 0 aromatic heterocycles. The van der Waals surface area contributed by atoms with Gasteiger partial charge in [0.1, 0.15) is 38.5 Å². The van der Waals surface area contributed by atoms with E-state index in [0.29, 0.717) is 73.7 Å². The minimum atomic E-state index is -0.778. The van der Waals surface area contributed by atoms with Crippen molar-refractivity contribution in [1.29, 1.82) is 0 Å². The lowest BCUT2D eigenvalue weighted by Gasteiger charge is -2.30. The summed E-state index contributed by atoms with van der Waals surface area (Å²) >= 11 is 0. The highest BCUT2D eigenvalue weighted by atomic mass is 16.6. The van der Waals surface area contributed by atoms with E-state index in [0.717, 1.165) is 116 Å². The number of carbonyl (C=O) groups excluding carboxylic acids is 6. The molecule has 2 amide bonds. The summed E-state index contributed by atoms with van der Waals surface area (Å²) in [5.41, 5.74) is 0. The molecule has 0 spiro atoms. The maximum atomic E-state index is 12.8. The zero-order chi connectivity index (χ0) is 52.5.